The molecule has 0 saturated heterocycles. The summed E-state index contributed by atoms with van der Waals surface area (Å²) in [5.41, 5.74) is 2.56. The molecule has 2 atom stereocenters. The lowest BCUT2D eigenvalue weighted by molar-refractivity contribution is -0.132. The van der Waals surface area contributed by atoms with Crippen molar-refractivity contribution in [3.63, 3.8) is 0 Å². The van der Waals surface area contributed by atoms with Crippen molar-refractivity contribution >= 4 is 5.91 Å². The largest absolute Gasteiger partial charge is 0.342 e. The minimum absolute atomic E-state index is 0.147. The molecule has 0 spiro atoms. The summed E-state index contributed by atoms with van der Waals surface area (Å²) in [6, 6.07) is 0.105. The van der Waals surface area contributed by atoms with Crippen LogP contribution in [0.2, 0.25) is 0 Å². The van der Waals surface area contributed by atoms with E-state index in [2.05, 4.69) is 10.4 Å². The minimum atomic E-state index is -0.147. The summed E-state index contributed by atoms with van der Waals surface area (Å²) in [5.74, 6) is 0.186. The molecule has 0 radical (unpaired) electrons. The highest BCUT2D eigenvalue weighted by molar-refractivity contribution is 5.81. The molecule has 1 heterocycles. The molecule has 1 N–H and O–H groups in total. The van der Waals surface area contributed by atoms with Gasteiger partial charge >= 0.3 is 0 Å². The zero-order chi connectivity index (χ0) is 14.7. The number of hydrogen-bond donors (Lipinski definition) is 1. The number of likely N-dealkylation sites (N-methyl/N-ethyl adjacent to an activating group) is 1. The lowest BCUT2D eigenvalue weighted by Gasteiger charge is -2.29. The van der Waals surface area contributed by atoms with Crippen molar-refractivity contribution < 1.29 is 4.79 Å². The topological polar surface area (TPSA) is 50.2 Å². The van der Waals surface area contributed by atoms with Crippen LogP contribution in [0.15, 0.2) is 6.20 Å². The summed E-state index contributed by atoms with van der Waals surface area (Å²) in [6.07, 6.45) is 5.26. The quantitative estimate of drug-likeness (QED) is 0.891. The van der Waals surface area contributed by atoms with Crippen LogP contribution in [0, 0.1) is 0 Å². The maximum atomic E-state index is 12.3. The lowest BCUT2D eigenvalue weighted by Crippen LogP contribution is -2.46. The SMILES string of the molecule is CCN(CC)C(=O)C(C)NC1CCCc2c1cnn2C. The lowest BCUT2D eigenvalue weighted by atomic mass is 9.92. The molecule has 112 valence electrons. The molecule has 1 aromatic heterocycles. The van der Waals surface area contributed by atoms with Crippen LogP contribution < -0.4 is 5.32 Å². The molecule has 20 heavy (non-hydrogen) atoms. The Morgan fingerprint density at radius 3 is 2.90 bits per heavy atom. The molecule has 5 nitrogen and oxygen atoms in total. The summed E-state index contributed by atoms with van der Waals surface area (Å²) in [6.45, 7) is 7.54. The third-order valence-corrected chi connectivity index (χ3v) is 4.27. The molecule has 0 aromatic carbocycles. The van der Waals surface area contributed by atoms with E-state index >= 15 is 0 Å². The summed E-state index contributed by atoms with van der Waals surface area (Å²) in [7, 11) is 1.99. The molecule has 0 aliphatic heterocycles. The van der Waals surface area contributed by atoms with Crippen molar-refractivity contribution in [2.45, 2.75) is 52.1 Å². The first-order valence-corrected chi connectivity index (χ1v) is 7.64. The van der Waals surface area contributed by atoms with E-state index in [1.54, 1.807) is 0 Å². The summed E-state index contributed by atoms with van der Waals surface area (Å²) in [5, 5.41) is 7.84. The molecule has 1 aliphatic carbocycles. The smallest absolute Gasteiger partial charge is 0.239 e. The first-order chi connectivity index (χ1) is 9.58. The average Bonchev–Trinajstić information content (AvgIpc) is 2.83. The fourth-order valence-electron chi connectivity index (χ4n) is 3.06. The van der Waals surface area contributed by atoms with E-state index in [0.29, 0.717) is 0 Å². The van der Waals surface area contributed by atoms with E-state index in [4.69, 9.17) is 0 Å². The Balaban J connectivity index is 2.05. The molecule has 2 unspecified atom stereocenters. The summed E-state index contributed by atoms with van der Waals surface area (Å²) in [4.78, 5) is 14.2. The van der Waals surface area contributed by atoms with Gasteiger partial charge in [-0.3, -0.25) is 14.8 Å². The molecular weight excluding hydrogens is 252 g/mol. The van der Waals surface area contributed by atoms with Crippen LogP contribution in [0.1, 0.15) is 50.9 Å². The average molecular weight is 278 g/mol. The van der Waals surface area contributed by atoms with Crippen LogP contribution in [0.3, 0.4) is 0 Å². The van der Waals surface area contributed by atoms with Gasteiger partial charge in [-0.15, -0.1) is 0 Å². The maximum absolute atomic E-state index is 12.3. The van der Waals surface area contributed by atoms with Crippen molar-refractivity contribution in [2.24, 2.45) is 7.05 Å². The predicted octanol–water partition coefficient (Wildman–Crippen LogP) is 1.64. The number of nitrogens with one attached hydrogen (secondary N) is 1. The van der Waals surface area contributed by atoms with E-state index in [0.717, 1.165) is 32.4 Å². The predicted molar refractivity (Wildman–Crippen MR) is 79.4 cm³/mol. The third-order valence-electron chi connectivity index (χ3n) is 4.27. The van der Waals surface area contributed by atoms with Gasteiger partial charge < -0.3 is 4.90 Å². The second kappa shape index (κ2) is 6.39. The summed E-state index contributed by atoms with van der Waals surface area (Å²) < 4.78 is 1.96. The highest BCUT2D eigenvalue weighted by atomic mass is 16.2. The zero-order valence-corrected chi connectivity index (χ0v) is 13.0. The highest BCUT2D eigenvalue weighted by Crippen LogP contribution is 2.29. The van der Waals surface area contributed by atoms with Gasteiger partial charge in [0.15, 0.2) is 0 Å². The van der Waals surface area contributed by atoms with Crippen LogP contribution in [0.4, 0.5) is 0 Å². The van der Waals surface area contributed by atoms with E-state index in [-0.39, 0.29) is 18.0 Å². The number of carbonyl (C=O) groups is 1. The molecule has 1 amide bonds. The number of amides is 1. The van der Waals surface area contributed by atoms with E-state index in [9.17, 15) is 4.79 Å². The molecule has 5 heteroatoms. The standard InChI is InChI=1S/C15H26N4O/c1-5-19(6-2)15(20)11(3)17-13-8-7-9-14-12(13)10-16-18(14)4/h10-11,13,17H,5-9H2,1-4H3. The second-order valence-corrected chi connectivity index (χ2v) is 5.51. The zero-order valence-electron chi connectivity index (χ0n) is 13.0. The first kappa shape index (κ1) is 15.0. The normalized spacial score (nSPS) is 19.5. The van der Waals surface area contributed by atoms with Gasteiger partial charge in [-0.25, -0.2) is 0 Å². The van der Waals surface area contributed by atoms with Crippen LogP contribution in [0.25, 0.3) is 0 Å². The number of fused-ring (bicyclic) bond motifs is 1. The van der Waals surface area contributed by atoms with Crippen molar-refractivity contribution in [2.75, 3.05) is 13.1 Å². The van der Waals surface area contributed by atoms with Crippen molar-refractivity contribution in [1.82, 2.24) is 20.0 Å². The van der Waals surface area contributed by atoms with Gasteiger partial charge in [0, 0.05) is 37.4 Å². The number of carbonyl (C=O) groups excluding carboxylic acids is 1. The van der Waals surface area contributed by atoms with Crippen LogP contribution in [-0.2, 0) is 18.3 Å². The van der Waals surface area contributed by atoms with Gasteiger partial charge in [-0.05, 0) is 40.0 Å². The van der Waals surface area contributed by atoms with Crippen molar-refractivity contribution in [3.05, 3.63) is 17.5 Å². The van der Waals surface area contributed by atoms with Crippen molar-refractivity contribution in [3.8, 4) is 0 Å². The van der Waals surface area contributed by atoms with Crippen LogP contribution >= 0.6 is 0 Å². The number of aromatic nitrogens is 2. The van der Waals surface area contributed by atoms with Crippen LogP contribution in [-0.4, -0.2) is 39.7 Å². The number of aryl methyl sites for hydroxylation is 1. The van der Waals surface area contributed by atoms with Gasteiger partial charge in [0.1, 0.15) is 0 Å². The van der Waals surface area contributed by atoms with Crippen molar-refractivity contribution in [1.29, 1.82) is 0 Å². The Morgan fingerprint density at radius 2 is 2.25 bits per heavy atom. The maximum Gasteiger partial charge on any atom is 0.239 e. The molecule has 2 rings (SSSR count). The molecular formula is C15H26N4O. The Hall–Kier alpha value is -1.36. The van der Waals surface area contributed by atoms with E-state index in [1.165, 1.54) is 11.3 Å². The summed E-state index contributed by atoms with van der Waals surface area (Å²) >= 11 is 0. The minimum Gasteiger partial charge on any atom is -0.342 e. The monoisotopic (exact) mass is 278 g/mol. The van der Waals surface area contributed by atoms with E-state index in [1.807, 2.05) is 43.6 Å². The van der Waals surface area contributed by atoms with Gasteiger partial charge in [0.05, 0.1) is 12.2 Å². The number of hydrogen-bond acceptors (Lipinski definition) is 3. The Bertz CT molecular complexity index is 464. The molecule has 0 fully saturated rings. The molecule has 0 saturated carbocycles. The van der Waals surface area contributed by atoms with E-state index < -0.39 is 0 Å². The fourth-order valence-corrected chi connectivity index (χ4v) is 3.06. The highest BCUT2D eigenvalue weighted by Gasteiger charge is 2.27. The second-order valence-electron chi connectivity index (χ2n) is 5.51. The molecule has 0 bridgehead atoms. The third kappa shape index (κ3) is 2.87. The molecule has 1 aromatic rings. The van der Waals surface area contributed by atoms with Gasteiger partial charge in [-0.1, -0.05) is 0 Å². The molecule has 1 aliphatic rings. The first-order valence-electron chi connectivity index (χ1n) is 7.64. The number of nitrogens with zero attached hydrogens (tertiary/aromatic N) is 3. The fraction of sp³-hybridized carbons (Fsp3) is 0.733. The van der Waals surface area contributed by atoms with Gasteiger partial charge in [0.2, 0.25) is 5.91 Å². The Morgan fingerprint density at radius 1 is 1.55 bits per heavy atom. The Labute approximate surface area is 121 Å². The number of rotatable bonds is 5. The van der Waals surface area contributed by atoms with Crippen LogP contribution in [0.5, 0.6) is 0 Å². The van der Waals surface area contributed by atoms with Gasteiger partial charge in [-0.2, -0.15) is 5.10 Å². The van der Waals surface area contributed by atoms with Gasteiger partial charge in [0.25, 0.3) is 0 Å². The Kier molecular flexibility index (Phi) is 4.81.